The van der Waals surface area contributed by atoms with Gasteiger partial charge in [-0.05, 0) is 36.4 Å². The average Bonchev–Trinajstić information content (AvgIpc) is 2.52. The Bertz CT molecular complexity index is 554. The zero-order valence-corrected chi connectivity index (χ0v) is 12.1. The third-order valence-electron chi connectivity index (χ3n) is 2.53. The van der Waals surface area contributed by atoms with Gasteiger partial charge in [-0.25, -0.2) is 4.79 Å². The molecule has 4 nitrogen and oxygen atoms in total. The van der Waals surface area contributed by atoms with E-state index in [0.717, 1.165) is 5.75 Å². The smallest absolute Gasteiger partial charge is 0.344 e. The van der Waals surface area contributed by atoms with Crippen molar-refractivity contribution in [3.05, 3.63) is 59.6 Å². The Labute approximate surface area is 128 Å². The second-order valence-electron chi connectivity index (χ2n) is 4.12. The molecule has 0 N–H and O–H groups in total. The minimum Gasteiger partial charge on any atom is -0.490 e. The molecule has 0 saturated heterocycles. The van der Waals surface area contributed by atoms with E-state index in [0.29, 0.717) is 17.4 Å². The summed E-state index contributed by atoms with van der Waals surface area (Å²) in [6.45, 7) is 0.335. The number of carbonyl (C=O) groups is 1. The van der Waals surface area contributed by atoms with Gasteiger partial charge < -0.3 is 14.2 Å². The van der Waals surface area contributed by atoms with Crippen LogP contribution in [-0.4, -0.2) is 25.8 Å². The van der Waals surface area contributed by atoms with Crippen LogP contribution in [0.1, 0.15) is 0 Å². The molecule has 0 aliphatic rings. The number of benzene rings is 2. The molecule has 2 aromatic rings. The molecule has 0 spiro atoms. The Morgan fingerprint density at radius 3 is 2.24 bits per heavy atom. The maximum Gasteiger partial charge on any atom is 0.344 e. The average molecular weight is 307 g/mol. The van der Waals surface area contributed by atoms with E-state index in [-0.39, 0.29) is 13.2 Å². The van der Waals surface area contributed by atoms with Crippen LogP contribution < -0.4 is 9.47 Å². The van der Waals surface area contributed by atoms with E-state index >= 15 is 0 Å². The van der Waals surface area contributed by atoms with Gasteiger partial charge >= 0.3 is 5.97 Å². The molecule has 0 aliphatic carbocycles. The van der Waals surface area contributed by atoms with Crippen molar-refractivity contribution in [2.75, 3.05) is 19.8 Å². The molecule has 0 unspecified atom stereocenters. The van der Waals surface area contributed by atoms with Gasteiger partial charge in [0.25, 0.3) is 0 Å². The van der Waals surface area contributed by atoms with Gasteiger partial charge in [0.05, 0.1) is 0 Å². The standard InChI is InChI=1S/C16H15ClO4/c17-13-6-8-15(9-7-13)21-12-16(18)20-11-10-19-14-4-2-1-3-5-14/h1-9H,10-12H2. The molecule has 2 aromatic carbocycles. The molecule has 0 radical (unpaired) electrons. The lowest BCUT2D eigenvalue weighted by Crippen LogP contribution is -2.18. The minimum absolute atomic E-state index is 0.146. The summed E-state index contributed by atoms with van der Waals surface area (Å²) in [5.41, 5.74) is 0. The summed E-state index contributed by atoms with van der Waals surface area (Å²) < 4.78 is 15.7. The molecule has 110 valence electrons. The van der Waals surface area contributed by atoms with Gasteiger partial charge in [0.15, 0.2) is 6.61 Å². The fraction of sp³-hybridized carbons (Fsp3) is 0.188. The lowest BCUT2D eigenvalue weighted by atomic mass is 10.3. The molecule has 0 amide bonds. The van der Waals surface area contributed by atoms with Crippen molar-refractivity contribution in [2.45, 2.75) is 0 Å². The molecule has 0 bridgehead atoms. The quantitative estimate of drug-likeness (QED) is 0.581. The van der Waals surface area contributed by atoms with Crippen LogP contribution in [0.15, 0.2) is 54.6 Å². The van der Waals surface area contributed by atoms with Crippen molar-refractivity contribution in [2.24, 2.45) is 0 Å². The van der Waals surface area contributed by atoms with Crippen LogP contribution in [-0.2, 0) is 9.53 Å². The SMILES string of the molecule is O=C(COc1ccc(Cl)cc1)OCCOc1ccccc1. The molecule has 2 rings (SSSR count). The maximum atomic E-state index is 11.5. The van der Waals surface area contributed by atoms with Crippen molar-refractivity contribution in [1.82, 2.24) is 0 Å². The molecule has 21 heavy (non-hydrogen) atoms. The normalized spacial score (nSPS) is 9.95. The van der Waals surface area contributed by atoms with Crippen LogP contribution >= 0.6 is 11.6 Å². The minimum atomic E-state index is -0.443. The number of ether oxygens (including phenoxy) is 3. The first-order chi connectivity index (χ1) is 10.2. The fourth-order valence-electron chi connectivity index (χ4n) is 1.55. The van der Waals surface area contributed by atoms with E-state index in [4.69, 9.17) is 25.8 Å². The predicted molar refractivity (Wildman–Crippen MR) is 79.8 cm³/mol. The highest BCUT2D eigenvalue weighted by Crippen LogP contribution is 2.15. The molecule has 0 aromatic heterocycles. The fourth-order valence-corrected chi connectivity index (χ4v) is 1.67. The Hall–Kier alpha value is -2.20. The van der Waals surface area contributed by atoms with E-state index < -0.39 is 5.97 Å². The molecule has 0 heterocycles. The Morgan fingerprint density at radius 1 is 0.857 bits per heavy atom. The molecule has 0 saturated carbocycles. The maximum absolute atomic E-state index is 11.5. The van der Waals surface area contributed by atoms with Gasteiger partial charge in [-0.3, -0.25) is 0 Å². The summed E-state index contributed by atoms with van der Waals surface area (Å²) in [7, 11) is 0. The highest BCUT2D eigenvalue weighted by molar-refractivity contribution is 6.30. The number of hydrogen-bond acceptors (Lipinski definition) is 4. The second kappa shape index (κ2) is 8.17. The van der Waals surface area contributed by atoms with E-state index in [1.165, 1.54) is 0 Å². The summed E-state index contributed by atoms with van der Waals surface area (Å²) in [6.07, 6.45) is 0. The highest BCUT2D eigenvalue weighted by Gasteiger charge is 2.04. The van der Waals surface area contributed by atoms with Crippen molar-refractivity contribution in [3.63, 3.8) is 0 Å². The van der Waals surface area contributed by atoms with Gasteiger partial charge in [-0.2, -0.15) is 0 Å². The summed E-state index contributed by atoms with van der Waals surface area (Å²) >= 11 is 5.75. The van der Waals surface area contributed by atoms with E-state index in [9.17, 15) is 4.79 Å². The van der Waals surface area contributed by atoms with Crippen LogP contribution in [0.3, 0.4) is 0 Å². The van der Waals surface area contributed by atoms with Gasteiger partial charge in [-0.15, -0.1) is 0 Å². The van der Waals surface area contributed by atoms with Crippen LogP contribution in [0.4, 0.5) is 0 Å². The Kier molecular flexibility index (Phi) is 5.91. The Morgan fingerprint density at radius 2 is 1.52 bits per heavy atom. The number of carbonyl (C=O) groups excluding carboxylic acids is 1. The third kappa shape index (κ3) is 5.75. The van der Waals surface area contributed by atoms with Crippen LogP contribution in [0.5, 0.6) is 11.5 Å². The zero-order chi connectivity index (χ0) is 14.9. The van der Waals surface area contributed by atoms with Gasteiger partial charge in [0.2, 0.25) is 0 Å². The number of hydrogen-bond donors (Lipinski definition) is 0. The van der Waals surface area contributed by atoms with Crippen LogP contribution in [0, 0.1) is 0 Å². The van der Waals surface area contributed by atoms with Crippen molar-refractivity contribution < 1.29 is 19.0 Å². The van der Waals surface area contributed by atoms with Crippen LogP contribution in [0.25, 0.3) is 0 Å². The monoisotopic (exact) mass is 306 g/mol. The summed E-state index contributed by atoms with van der Waals surface area (Å²) in [5.74, 6) is 0.865. The number of para-hydroxylation sites is 1. The summed E-state index contributed by atoms with van der Waals surface area (Å²) in [6, 6.07) is 16.1. The molecule has 5 heteroatoms. The van der Waals surface area contributed by atoms with E-state index in [1.807, 2.05) is 30.3 Å². The molecule has 0 aliphatic heterocycles. The predicted octanol–water partition coefficient (Wildman–Crippen LogP) is 3.34. The third-order valence-corrected chi connectivity index (χ3v) is 2.78. The van der Waals surface area contributed by atoms with Gasteiger partial charge in [-0.1, -0.05) is 29.8 Å². The number of esters is 1. The first-order valence-corrected chi connectivity index (χ1v) is 6.84. The largest absolute Gasteiger partial charge is 0.490 e. The second-order valence-corrected chi connectivity index (χ2v) is 4.56. The lowest BCUT2D eigenvalue weighted by molar-refractivity contribution is -0.146. The van der Waals surface area contributed by atoms with Crippen molar-refractivity contribution in [1.29, 1.82) is 0 Å². The summed E-state index contributed by atoms with van der Waals surface area (Å²) in [5, 5.41) is 0.614. The highest BCUT2D eigenvalue weighted by atomic mass is 35.5. The van der Waals surface area contributed by atoms with Gasteiger partial charge in [0, 0.05) is 5.02 Å². The first kappa shape index (κ1) is 15.2. The van der Waals surface area contributed by atoms with Crippen molar-refractivity contribution in [3.8, 4) is 11.5 Å². The lowest BCUT2D eigenvalue weighted by Gasteiger charge is -2.08. The Balaban J connectivity index is 1.60. The first-order valence-electron chi connectivity index (χ1n) is 6.46. The van der Waals surface area contributed by atoms with E-state index in [2.05, 4.69) is 0 Å². The number of halogens is 1. The van der Waals surface area contributed by atoms with Crippen LogP contribution in [0.2, 0.25) is 5.02 Å². The zero-order valence-electron chi connectivity index (χ0n) is 11.3. The summed E-state index contributed by atoms with van der Waals surface area (Å²) in [4.78, 5) is 11.5. The molecular formula is C16H15ClO4. The van der Waals surface area contributed by atoms with E-state index in [1.54, 1.807) is 24.3 Å². The van der Waals surface area contributed by atoms with Gasteiger partial charge in [0.1, 0.15) is 24.7 Å². The molecule has 0 fully saturated rings. The number of rotatable bonds is 7. The van der Waals surface area contributed by atoms with Crippen molar-refractivity contribution >= 4 is 17.6 Å². The topological polar surface area (TPSA) is 44.8 Å². The molecule has 0 atom stereocenters. The molecular weight excluding hydrogens is 292 g/mol.